The van der Waals surface area contributed by atoms with Crippen LogP contribution in [-0.4, -0.2) is 20.4 Å². The Bertz CT molecular complexity index is 1210. The minimum atomic E-state index is 0.104. The van der Waals surface area contributed by atoms with Crippen LogP contribution >= 0.6 is 0 Å². The maximum Gasteiger partial charge on any atom is 0.115 e. The fourth-order valence-electron chi connectivity index (χ4n) is 3.94. The largest absolute Gasteiger partial charge is 0.508 e. The van der Waals surface area contributed by atoms with Gasteiger partial charge in [0.25, 0.3) is 0 Å². The number of rotatable bonds is 7. The quantitative estimate of drug-likeness (QED) is 0.249. The fourth-order valence-corrected chi connectivity index (χ4v) is 3.94. The van der Waals surface area contributed by atoms with Crippen molar-refractivity contribution in [3.8, 4) is 23.0 Å². The summed E-state index contributed by atoms with van der Waals surface area (Å²) in [6, 6.07) is 28.7. The summed E-state index contributed by atoms with van der Waals surface area (Å²) in [5.74, 6) is 0.985. The second-order valence-corrected chi connectivity index (χ2v) is 8.17. The average molecular weight is 439 g/mol. The van der Waals surface area contributed by atoms with Crippen molar-refractivity contribution in [2.75, 3.05) is 0 Å². The molecule has 4 aromatic carbocycles. The number of aromatic hydroxyl groups is 4. The molecule has 33 heavy (non-hydrogen) atoms. The van der Waals surface area contributed by atoms with Crippen LogP contribution in [0.25, 0.3) is 11.6 Å². The first-order valence-corrected chi connectivity index (χ1v) is 10.8. The summed E-state index contributed by atoms with van der Waals surface area (Å²) in [5, 5.41) is 38.9. The Morgan fingerprint density at radius 2 is 1.03 bits per heavy atom. The van der Waals surface area contributed by atoms with Gasteiger partial charge >= 0.3 is 0 Å². The van der Waals surface area contributed by atoms with E-state index in [4.69, 9.17) is 0 Å². The molecule has 0 aromatic heterocycles. The molecule has 0 saturated heterocycles. The summed E-state index contributed by atoms with van der Waals surface area (Å²) in [7, 11) is 0. The lowest BCUT2D eigenvalue weighted by Gasteiger charge is -2.21. The molecular weight excluding hydrogens is 412 g/mol. The van der Waals surface area contributed by atoms with Gasteiger partial charge < -0.3 is 20.4 Å². The number of phenols is 4. The van der Waals surface area contributed by atoms with Crippen molar-refractivity contribution < 1.29 is 20.4 Å². The van der Waals surface area contributed by atoms with E-state index in [2.05, 4.69) is 6.08 Å². The van der Waals surface area contributed by atoms with Crippen LogP contribution in [0, 0.1) is 0 Å². The molecule has 166 valence electrons. The Kier molecular flexibility index (Phi) is 6.65. The molecule has 0 saturated carbocycles. The third-order valence-corrected chi connectivity index (χ3v) is 5.72. The van der Waals surface area contributed by atoms with Crippen LogP contribution in [0.3, 0.4) is 0 Å². The van der Waals surface area contributed by atoms with Crippen molar-refractivity contribution in [2.24, 2.45) is 0 Å². The van der Waals surface area contributed by atoms with E-state index in [0.29, 0.717) is 6.42 Å². The predicted molar refractivity (Wildman–Crippen MR) is 131 cm³/mol. The zero-order valence-electron chi connectivity index (χ0n) is 18.1. The number of hydrogen-bond donors (Lipinski definition) is 4. The second-order valence-electron chi connectivity index (χ2n) is 8.17. The van der Waals surface area contributed by atoms with Gasteiger partial charge in [-0.25, -0.2) is 0 Å². The van der Waals surface area contributed by atoms with Gasteiger partial charge in [-0.05, 0) is 95.1 Å². The minimum Gasteiger partial charge on any atom is -0.508 e. The molecule has 0 amide bonds. The molecule has 0 aliphatic heterocycles. The summed E-state index contributed by atoms with van der Waals surface area (Å²) in [6.45, 7) is 0. The Hall–Kier alpha value is -4.18. The zero-order valence-corrected chi connectivity index (χ0v) is 18.1. The molecule has 0 aliphatic rings. The smallest absolute Gasteiger partial charge is 0.115 e. The van der Waals surface area contributed by atoms with Crippen LogP contribution in [0.15, 0.2) is 97.1 Å². The van der Waals surface area contributed by atoms with Gasteiger partial charge in [0, 0.05) is 0 Å². The monoisotopic (exact) mass is 438 g/mol. The van der Waals surface area contributed by atoms with Gasteiger partial charge in [-0.15, -0.1) is 0 Å². The van der Waals surface area contributed by atoms with E-state index < -0.39 is 0 Å². The number of allylic oxidation sites excluding steroid dienone is 1. The molecule has 4 nitrogen and oxygen atoms in total. The van der Waals surface area contributed by atoms with Gasteiger partial charge in [0.2, 0.25) is 0 Å². The molecule has 0 spiro atoms. The van der Waals surface area contributed by atoms with Crippen LogP contribution in [0.1, 0.15) is 34.6 Å². The third-order valence-electron chi connectivity index (χ3n) is 5.72. The van der Waals surface area contributed by atoms with Gasteiger partial charge in [0.05, 0.1) is 0 Å². The lowest BCUT2D eigenvalue weighted by Crippen LogP contribution is -2.05. The lowest BCUT2D eigenvalue weighted by atomic mass is 9.84. The Morgan fingerprint density at radius 3 is 1.58 bits per heavy atom. The molecule has 0 bridgehead atoms. The maximum atomic E-state index is 9.78. The maximum absolute atomic E-state index is 9.78. The minimum absolute atomic E-state index is 0.104. The van der Waals surface area contributed by atoms with Crippen molar-refractivity contribution in [1.29, 1.82) is 0 Å². The van der Waals surface area contributed by atoms with E-state index in [9.17, 15) is 20.4 Å². The van der Waals surface area contributed by atoms with Crippen molar-refractivity contribution in [1.82, 2.24) is 0 Å². The highest BCUT2D eigenvalue weighted by atomic mass is 16.3. The Balaban J connectivity index is 1.73. The Morgan fingerprint density at radius 1 is 0.576 bits per heavy atom. The normalized spacial score (nSPS) is 12.4. The molecule has 1 unspecified atom stereocenters. The van der Waals surface area contributed by atoms with Gasteiger partial charge in [-0.1, -0.05) is 54.6 Å². The van der Waals surface area contributed by atoms with E-state index in [-0.39, 0.29) is 28.9 Å². The lowest BCUT2D eigenvalue weighted by molar-refractivity contribution is 0.474. The van der Waals surface area contributed by atoms with Crippen LogP contribution in [0.2, 0.25) is 0 Å². The summed E-state index contributed by atoms with van der Waals surface area (Å²) in [5.41, 5.74) is 5.23. The van der Waals surface area contributed by atoms with Crippen molar-refractivity contribution in [3.63, 3.8) is 0 Å². The first-order valence-electron chi connectivity index (χ1n) is 10.8. The number of phenolic OH excluding ortho intramolecular Hbond substituents is 4. The number of benzene rings is 4. The van der Waals surface area contributed by atoms with Crippen molar-refractivity contribution >= 4 is 11.6 Å². The van der Waals surface area contributed by atoms with E-state index in [1.54, 1.807) is 48.5 Å². The second kappa shape index (κ2) is 9.96. The topological polar surface area (TPSA) is 80.9 Å². The molecule has 4 aromatic rings. The molecule has 0 aliphatic carbocycles. The van der Waals surface area contributed by atoms with Crippen LogP contribution in [0.5, 0.6) is 23.0 Å². The number of hydrogen-bond acceptors (Lipinski definition) is 4. The molecule has 0 fully saturated rings. The summed E-state index contributed by atoms with van der Waals surface area (Å²) in [4.78, 5) is 0. The van der Waals surface area contributed by atoms with Crippen molar-refractivity contribution in [3.05, 3.63) is 119 Å². The molecule has 4 heteroatoms. The van der Waals surface area contributed by atoms with Gasteiger partial charge in [-0.2, -0.15) is 0 Å². The fraction of sp³-hybridized carbons (Fsp3) is 0.103. The van der Waals surface area contributed by atoms with E-state index in [0.717, 1.165) is 34.2 Å². The highest BCUT2D eigenvalue weighted by molar-refractivity contribution is 5.82. The van der Waals surface area contributed by atoms with E-state index in [1.807, 2.05) is 48.5 Å². The van der Waals surface area contributed by atoms with Crippen LogP contribution in [0.4, 0.5) is 0 Å². The molecule has 0 heterocycles. The predicted octanol–water partition coefficient (Wildman–Crippen LogP) is 6.47. The molecule has 4 N–H and O–H groups in total. The Labute approximate surface area is 193 Å². The van der Waals surface area contributed by atoms with Gasteiger partial charge in [0.1, 0.15) is 23.0 Å². The van der Waals surface area contributed by atoms with Gasteiger partial charge in [0.15, 0.2) is 0 Å². The SMILES string of the molecule is Oc1ccc(/C=C(/CC(Cc2ccc(O)cc2)c2ccc(O)cc2)c2ccc(O)cc2)cc1. The van der Waals surface area contributed by atoms with Crippen LogP contribution in [-0.2, 0) is 6.42 Å². The first-order chi connectivity index (χ1) is 16.0. The molecule has 0 radical (unpaired) electrons. The standard InChI is InChI=1S/C29H26O4/c30-26-9-1-20(2-10-26)17-24(22-5-13-28(32)14-6-22)19-25(23-7-15-29(33)16-8-23)18-21-3-11-27(31)12-4-21/h1-17,25,30-33H,18-19H2/b24-17-. The van der Waals surface area contributed by atoms with E-state index >= 15 is 0 Å². The molecule has 4 rings (SSSR count). The van der Waals surface area contributed by atoms with E-state index in [1.165, 1.54) is 0 Å². The first kappa shape index (κ1) is 22.0. The summed E-state index contributed by atoms with van der Waals surface area (Å²) in [6.07, 6.45) is 3.55. The van der Waals surface area contributed by atoms with Crippen molar-refractivity contribution in [2.45, 2.75) is 18.8 Å². The van der Waals surface area contributed by atoms with Gasteiger partial charge in [-0.3, -0.25) is 0 Å². The zero-order chi connectivity index (χ0) is 23.2. The average Bonchev–Trinajstić information content (AvgIpc) is 2.82. The highest BCUT2D eigenvalue weighted by Crippen LogP contribution is 2.35. The van der Waals surface area contributed by atoms with Crippen LogP contribution < -0.4 is 0 Å². The summed E-state index contributed by atoms with van der Waals surface area (Å²) < 4.78 is 0. The molecule has 1 atom stereocenters. The molecular formula is C29H26O4. The highest BCUT2D eigenvalue weighted by Gasteiger charge is 2.17. The third kappa shape index (κ3) is 5.95. The summed E-state index contributed by atoms with van der Waals surface area (Å²) >= 11 is 0.